The zero-order valence-corrected chi connectivity index (χ0v) is 26.3. The van der Waals surface area contributed by atoms with Crippen molar-refractivity contribution >= 4 is 21.8 Å². The molecular weight excluding hydrogens is 560 g/mol. The Morgan fingerprint density at radius 2 is 0.955 bits per heavy atom. The predicted octanol–water partition coefficient (Wildman–Crippen LogP) is 4.14. The normalized spacial score (nSPS) is 17.9. The van der Waals surface area contributed by atoms with Crippen LogP contribution in [0.1, 0.15) is 11.1 Å². The average Bonchev–Trinajstić information content (AvgIpc) is 3.66. The molecule has 1 saturated heterocycles. The van der Waals surface area contributed by atoms with Crippen LogP contribution in [-0.4, -0.2) is 126 Å². The molecule has 0 radical (unpaired) electrons. The third kappa shape index (κ3) is 9.44. The minimum absolute atomic E-state index is 0.590. The number of nitrogens with zero attached hydrogens (tertiary/aromatic N) is 2. The van der Waals surface area contributed by atoms with E-state index >= 15 is 0 Å². The van der Waals surface area contributed by atoms with Gasteiger partial charge in [0.1, 0.15) is 11.5 Å². The van der Waals surface area contributed by atoms with Gasteiger partial charge >= 0.3 is 0 Å². The minimum Gasteiger partial charge on any atom is -0.497 e. The van der Waals surface area contributed by atoms with E-state index in [1.807, 2.05) is 12.1 Å². The Morgan fingerprint density at radius 1 is 0.568 bits per heavy atom. The van der Waals surface area contributed by atoms with E-state index in [-0.39, 0.29) is 0 Å². The number of nitrogens with one attached hydrogen (secondary N) is 2. The van der Waals surface area contributed by atoms with Crippen molar-refractivity contribution in [2.75, 3.05) is 106 Å². The lowest BCUT2D eigenvalue weighted by Crippen LogP contribution is -2.34. The molecule has 1 fully saturated rings. The molecule has 0 saturated carbocycles. The molecule has 1 aliphatic rings. The fraction of sp³-hybridized carbons (Fsp3) is 0.529. The van der Waals surface area contributed by atoms with E-state index in [2.05, 4.69) is 56.4 Å². The largest absolute Gasteiger partial charge is 0.497 e. The predicted molar refractivity (Wildman–Crippen MR) is 173 cm³/mol. The summed E-state index contributed by atoms with van der Waals surface area (Å²) in [5.41, 5.74) is 4.84. The van der Waals surface area contributed by atoms with Gasteiger partial charge in [-0.25, -0.2) is 0 Å². The van der Waals surface area contributed by atoms with E-state index in [9.17, 15) is 0 Å². The number of fused-ring (bicyclic) bond motifs is 2. The number of hydrogen-bond acceptors (Lipinski definition) is 8. The first-order valence-electron chi connectivity index (χ1n) is 15.8. The van der Waals surface area contributed by atoms with E-state index in [4.69, 9.17) is 28.4 Å². The Hall–Kier alpha value is -3.12. The summed E-state index contributed by atoms with van der Waals surface area (Å²) in [6, 6.07) is 12.3. The van der Waals surface area contributed by atoms with Crippen LogP contribution in [0.5, 0.6) is 11.5 Å². The van der Waals surface area contributed by atoms with Crippen molar-refractivity contribution in [2.24, 2.45) is 0 Å². The van der Waals surface area contributed by atoms with Gasteiger partial charge in [0.25, 0.3) is 0 Å². The number of aromatic nitrogens is 2. The van der Waals surface area contributed by atoms with Gasteiger partial charge in [-0.15, -0.1) is 0 Å². The van der Waals surface area contributed by atoms with Crippen molar-refractivity contribution in [3.05, 3.63) is 59.9 Å². The second-order valence-corrected chi connectivity index (χ2v) is 11.1. The molecule has 4 aromatic rings. The lowest BCUT2D eigenvalue weighted by Gasteiger charge is -2.23. The first-order chi connectivity index (χ1) is 21.7. The average molecular weight is 609 g/mol. The molecule has 2 aromatic heterocycles. The van der Waals surface area contributed by atoms with E-state index in [1.54, 1.807) is 14.2 Å². The highest BCUT2D eigenvalue weighted by atomic mass is 16.5. The Kier molecular flexibility index (Phi) is 12.8. The van der Waals surface area contributed by atoms with Gasteiger partial charge in [0.15, 0.2) is 0 Å². The lowest BCUT2D eigenvalue weighted by molar-refractivity contribution is 0.00836. The van der Waals surface area contributed by atoms with Crippen LogP contribution < -0.4 is 9.47 Å². The van der Waals surface area contributed by atoms with Gasteiger partial charge < -0.3 is 38.4 Å². The second-order valence-electron chi connectivity index (χ2n) is 11.1. The molecule has 44 heavy (non-hydrogen) atoms. The van der Waals surface area contributed by atoms with Crippen LogP contribution in [0.4, 0.5) is 0 Å². The number of rotatable bonds is 8. The zero-order valence-electron chi connectivity index (χ0n) is 26.3. The lowest BCUT2D eigenvalue weighted by atomic mass is 10.1. The SMILES string of the molecule is COc1ccc2[nH]cc(CCN3CCOCCOCCN(CCc4c[nH]c5ccc(OC)cc45)CCOCCOCC3)c2c1. The molecule has 1 aliphatic heterocycles. The van der Waals surface area contributed by atoms with Crippen LogP contribution in [0.25, 0.3) is 21.8 Å². The fourth-order valence-electron chi connectivity index (χ4n) is 5.63. The zero-order chi connectivity index (χ0) is 30.4. The van der Waals surface area contributed by atoms with Gasteiger partial charge in [0.2, 0.25) is 0 Å². The number of aromatic amines is 2. The van der Waals surface area contributed by atoms with Crippen molar-refractivity contribution in [2.45, 2.75) is 12.8 Å². The maximum Gasteiger partial charge on any atom is 0.119 e. The molecule has 10 heteroatoms. The van der Waals surface area contributed by atoms with Crippen LogP contribution in [0.3, 0.4) is 0 Å². The number of methoxy groups -OCH3 is 2. The molecule has 3 heterocycles. The Labute approximate surface area is 260 Å². The molecule has 2 aromatic carbocycles. The van der Waals surface area contributed by atoms with Crippen molar-refractivity contribution in [1.82, 2.24) is 19.8 Å². The summed E-state index contributed by atoms with van der Waals surface area (Å²) in [5.74, 6) is 1.75. The second kappa shape index (κ2) is 17.4. The van der Waals surface area contributed by atoms with E-state index < -0.39 is 0 Å². The van der Waals surface area contributed by atoms with E-state index in [0.29, 0.717) is 52.9 Å². The molecule has 240 valence electrons. The topological polar surface area (TPSA) is 93.4 Å². The number of benzene rings is 2. The third-order valence-electron chi connectivity index (χ3n) is 8.30. The first kappa shape index (κ1) is 32.3. The summed E-state index contributed by atoms with van der Waals surface area (Å²) in [6.07, 6.45) is 6.08. The maximum absolute atomic E-state index is 5.95. The molecular formula is C34H48N4O6. The summed E-state index contributed by atoms with van der Waals surface area (Å²) in [5, 5.41) is 2.43. The standard InChI is InChI=1S/C34H48N4O6/c1-39-29-3-5-33-31(23-29)27(25-35-33)7-9-37-11-15-41-19-21-43-17-13-38(14-18-44-22-20-42-16-12-37)10-8-28-26-36-34-6-4-30(40-2)24-32(28)34/h3-6,23-26,35-36H,7-22H2,1-2H3. The van der Waals surface area contributed by atoms with Crippen molar-refractivity contribution in [1.29, 1.82) is 0 Å². The summed E-state index contributed by atoms with van der Waals surface area (Å²) in [4.78, 5) is 11.6. The van der Waals surface area contributed by atoms with Gasteiger partial charge in [-0.1, -0.05) is 0 Å². The fourth-order valence-corrected chi connectivity index (χ4v) is 5.63. The number of H-pyrrole nitrogens is 2. The van der Waals surface area contributed by atoms with Crippen LogP contribution in [0.15, 0.2) is 48.8 Å². The quantitative estimate of drug-likeness (QED) is 0.309. The Morgan fingerprint density at radius 3 is 1.32 bits per heavy atom. The molecule has 5 rings (SSSR count). The molecule has 2 N–H and O–H groups in total. The smallest absolute Gasteiger partial charge is 0.119 e. The van der Waals surface area contributed by atoms with Gasteiger partial charge in [-0.3, -0.25) is 9.80 Å². The van der Waals surface area contributed by atoms with Crippen LogP contribution in [0.2, 0.25) is 0 Å². The van der Waals surface area contributed by atoms with Crippen molar-refractivity contribution in [3.63, 3.8) is 0 Å². The molecule has 0 aliphatic carbocycles. The highest BCUT2D eigenvalue weighted by molar-refractivity contribution is 5.85. The first-order valence-corrected chi connectivity index (χ1v) is 15.8. The van der Waals surface area contributed by atoms with Crippen molar-refractivity contribution < 1.29 is 28.4 Å². The highest BCUT2D eigenvalue weighted by Crippen LogP contribution is 2.25. The molecule has 0 bridgehead atoms. The van der Waals surface area contributed by atoms with E-state index in [0.717, 1.165) is 74.6 Å². The molecule has 0 amide bonds. The molecule has 0 unspecified atom stereocenters. The maximum atomic E-state index is 5.95. The van der Waals surface area contributed by atoms with Gasteiger partial charge in [-0.2, -0.15) is 0 Å². The van der Waals surface area contributed by atoms with Crippen LogP contribution >= 0.6 is 0 Å². The summed E-state index contributed by atoms with van der Waals surface area (Å²) >= 11 is 0. The molecule has 10 nitrogen and oxygen atoms in total. The highest BCUT2D eigenvalue weighted by Gasteiger charge is 2.12. The minimum atomic E-state index is 0.590. The van der Waals surface area contributed by atoms with Gasteiger partial charge in [-0.05, 0) is 60.4 Å². The number of hydrogen-bond donors (Lipinski definition) is 2. The van der Waals surface area contributed by atoms with Crippen LogP contribution in [0, 0.1) is 0 Å². The van der Waals surface area contributed by atoms with E-state index in [1.165, 1.54) is 21.9 Å². The Balaban J connectivity index is 1.07. The number of ether oxygens (including phenoxy) is 6. The molecule has 0 spiro atoms. The van der Waals surface area contributed by atoms with Crippen molar-refractivity contribution in [3.8, 4) is 11.5 Å². The summed E-state index contributed by atoms with van der Waals surface area (Å²) < 4.78 is 34.7. The summed E-state index contributed by atoms with van der Waals surface area (Å²) in [7, 11) is 3.41. The van der Waals surface area contributed by atoms with Gasteiger partial charge in [0, 0.05) is 73.5 Å². The van der Waals surface area contributed by atoms with Crippen LogP contribution in [-0.2, 0) is 31.8 Å². The van der Waals surface area contributed by atoms with Gasteiger partial charge in [0.05, 0.1) is 67.1 Å². The Bertz CT molecular complexity index is 1280. The molecule has 0 atom stereocenters. The monoisotopic (exact) mass is 608 g/mol. The summed E-state index contributed by atoms with van der Waals surface area (Å²) in [6.45, 7) is 10.2. The third-order valence-corrected chi connectivity index (χ3v) is 8.30.